The van der Waals surface area contributed by atoms with Crippen LogP contribution in [0.5, 0.6) is 0 Å². The molecule has 0 spiro atoms. The molecule has 1 N–H and O–H groups in total. The van der Waals surface area contributed by atoms with Gasteiger partial charge < -0.3 is 28.8 Å². The largest absolute Gasteiger partial charge is 0.376 e. The number of aliphatic hydroxyl groups excluding tert-OH is 1. The highest BCUT2D eigenvalue weighted by atomic mass is 16.9. The summed E-state index contributed by atoms with van der Waals surface area (Å²) in [6.07, 6.45) is -3.12. The molecule has 0 aliphatic carbocycles. The van der Waals surface area contributed by atoms with Gasteiger partial charge in [0.15, 0.2) is 6.29 Å². The summed E-state index contributed by atoms with van der Waals surface area (Å²) in [5.74, 6) is -1.59. The van der Waals surface area contributed by atoms with Gasteiger partial charge in [0.1, 0.15) is 12.2 Å². The lowest BCUT2D eigenvalue weighted by atomic mass is 9.95. The third kappa shape index (κ3) is 8.98. The number of hydrogen-bond acceptors (Lipinski definition) is 7. The normalized spacial score (nSPS) is 23.1. The van der Waals surface area contributed by atoms with Gasteiger partial charge in [0.05, 0.1) is 40.4 Å². The Morgan fingerprint density at radius 3 is 1.88 bits per heavy atom. The molecule has 3 aromatic rings. The van der Waals surface area contributed by atoms with Gasteiger partial charge in [-0.2, -0.15) is 0 Å². The molecule has 6 atom stereocenters. The van der Waals surface area contributed by atoms with Gasteiger partial charge in [-0.25, -0.2) is 0 Å². The van der Waals surface area contributed by atoms with E-state index in [1.165, 1.54) is 0 Å². The molecule has 8 heteroatoms. The standard InChI is InChI=1S/C32H39BO7/c1-24(20-35-21-25-12-6-3-7-13-25)28(36-22-26-14-8-4-9-15-26)29(37-23-27-16-10-5-11-17-27)30-31(34)40-32(2,39-30)38-19-18-33/h3-17,24,28-31,34H,18-23H2,1-2H3/t24?,28-,29?,30?,31+,32?/m1/s1. The highest BCUT2D eigenvalue weighted by Gasteiger charge is 2.51. The van der Waals surface area contributed by atoms with Crippen molar-refractivity contribution in [3.63, 3.8) is 0 Å². The van der Waals surface area contributed by atoms with E-state index >= 15 is 0 Å². The van der Waals surface area contributed by atoms with Gasteiger partial charge in [-0.3, -0.25) is 4.74 Å². The molecule has 1 aliphatic rings. The van der Waals surface area contributed by atoms with Gasteiger partial charge in [0.2, 0.25) is 0 Å². The molecule has 0 saturated carbocycles. The molecule has 7 nitrogen and oxygen atoms in total. The van der Waals surface area contributed by atoms with Crippen LogP contribution >= 0.6 is 0 Å². The fourth-order valence-electron chi connectivity index (χ4n) is 4.69. The fourth-order valence-corrected chi connectivity index (χ4v) is 4.69. The highest BCUT2D eigenvalue weighted by molar-refractivity contribution is 6.08. The zero-order valence-corrected chi connectivity index (χ0v) is 23.3. The second-order valence-electron chi connectivity index (χ2n) is 10.1. The molecule has 1 heterocycles. The van der Waals surface area contributed by atoms with Gasteiger partial charge in [0, 0.05) is 19.4 Å². The van der Waals surface area contributed by atoms with Crippen LogP contribution in [0.4, 0.5) is 0 Å². The first-order chi connectivity index (χ1) is 19.5. The number of ether oxygens (including phenoxy) is 6. The average Bonchev–Trinajstić information content (AvgIpc) is 3.28. The topological polar surface area (TPSA) is 75.6 Å². The zero-order valence-electron chi connectivity index (χ0n) is 23.3. The molecular formula is C32H39BO7. The third-order valence-electron chi connectivity index (χ3n) is 6.72. The molecule has 1 aliphatic heterocycles. The van der Waals surface area contributed by atoms with E-state index in [4.69, 9.17) is 36.3 Å². The van der Waals surface area contributed by atoms with Crippen LogP contribution in [0.2, 0.25) is 6.32 Å². The molecule has 212 valence electrons. The first kappa shape index (κ1) is 30.4. The Bertz CT molecular complexity index is 1100. The van der Waals surface area contributed by atoms with Crippen LogP contribution in [-0.2, 0) is 48.2 Å². The summed E-state index contributed by atoms with van der Waals surface area (Å²) in [5.41, 5.74) is 3.09. The Kier molecular flexibility index (Phi) is 11.7. The molecule has 0 bridgehead atoms. The number of hydrogen-bond donors (Lipinski definition) is 1. The van der Waals surface area contributed by atoms with Gasteiger partial charge in [-0.05, 0) is 16.7 Å². The van der Waals surface area contributed by atoms with Gasteiger partial charge in [0.25, 0.3) is 5.97 Å². The Balaban J connectivity index is 1.55. The van der Waals surface area contributed by atoms with E-state index in [-0.39, 0.29) is 18.8 Å². The Morgan fingerprint density at radius 2 is 1.32 bits per heavy atom. The maximum Gasteiger partial charge on any atom is 0.282 e. The van der Waals surface area contributed by atoms with Gasteiger partial charge >= 0.3 is 0 Å². The monoisotopic (exact) mass is 546 g/mol. The van der Waals surface area contributed by atoms with E-state index in [0.717, 1.165) is 16.7 Å². The van der Waals surface area contributed by atoms with E-state index in [1.54, 1.807) is 6.92 Å². The minimum Gasteiger partial charge on any atom is -0.376 e. The first-order valence-corrected chi connectivity index (χ1v) is 13.8. The van der Waals surface area contributed by atoms with Crippen LogP contribution in [0, 0.1) is 5.92 Å². The van der Waals surface area contributed by atoms with Crippen LogP contribution < -0.4 is 0 Å². The van der Waals surface area contributed by atoms with Crippen LogP contribution in [-0.4, -0.2) is 56.7 Å². The summed E-state index contributed by atoms with van der Waals surface area (Å²) in [6, 6.07) is 29.8. The van der Waals surface area contributed by atoms with Crippen molar-refractivity contribution in [1.82, 2.24) is 0 Å². The zero-order chi connectivity index (χ0) is 28.2. The van der Waals surface area contributed by atoms with Gasteiger partial charge in [-0.15, -0.1) is 0 Å². The summed E-state index contributed by atoms with van der Waals surface area (Å²) in [6.45, 7) is 5.40. The first-order valence-electron chi connectivity index (χ1n) is 13.8. The van der Waals surface area contributed by atoms with E-state index in [1.807, 2.05) is 97.9 Å². The van der Waals surface area contributed by atoms with Crippen molar-refractivity contribution < 1.29 is 33.5 Å². The van der Waals surface area contributed by atoms with Crippen LogP contribution in [0.1, 0.15) is 30.5 Å². The lowest BCUT2D eigenvalue weighted by Crippen LogP contribution is -2.49. The number of rotatable bonds is 16. The van der Waals surface area contributed by atoms with Crippen molar-refractivity contribution in [2.24, 2.45) is 5.92 Å². The van der Waals surface area contributed by atoms with Crippen LogP contribution in [0.3, 0.4) is 0 Å². The van der Waals surface area contributed by atoms with E-state index in [9.17, 15) is 5.11 Å². The number of benzene rings is 3. The quantitative estimate of drug-likeness (QED) is 0.253. The second-order valence-corrected chi connectivity index (χ2v) is 10.1. The average molecular weight is 546 g/mol. The lowest BCUT2D eigenvalue weighted by Gasteiger charge is -2.35. The maximum absolute atomic E-state index is 11.0. The predicted octanol–water partition coefficient (Wildman–Crippen LogP) is 5.02. The minimum atomic E-state index is -1.46. The SMILES string of the molecule is [B]CCOC1(C)OC(C(OCc2ccccc2)[C@H](OCc2ccccc2)C(C)COCc2ccccc2)[C@@H](O)O1. The number of aliphatic hydroxyl groups is 1. The molecule has 4 unspecified atom stereocenters. The summed E-state index contributed by atoms with van der Waals surface area (Å²) >= 11 is 0. The van der Waals surface area contributed by atoms with Crippen molar-refractivity contribution in [3.05, 3.63) is 108 Å². The maximum atomic E-state index is 11.0. The Labute approximate surface area is 238 Å². The van der Waals surface area contributed by atoms with Crippen molar-refractivity contribution in [2.45, 2.75) is 70.6 Å². The summed E-state index contributed by atoms with van der Waals surface area (Å²) in [7, 11) is 5.62. The molecule has 1 fully saturated rings. The molecule has 4 rings (SSSR count). The molecule has 0 amide bonds. The van der Waals surface area contributed by atoms with E-state index < -0.39 is 30.6 Å². The van der Waals surface area contributed by atoms with Crippen LogP contribution in [0.15, 0.2) is 91.0 Å². The molecule has 0 aromatic heterocycles. The summed E-state index contributed by atoms with van der Waals surface area (Å²) < 4.78 is 36.7. The molecular weight excluding hydrogens is 507 g/mol. The van der Waals surface area contributed by atoms with Crippen molar-refractivity contribution in [2.75, 3.05) is 13.2 Å². The second kappa shape index (κ2) is 15.4. The highest BCUT2D eigenvalue weighted by Crippen LogP contribution is 2.35. The fraction of sp³-hybridized carbons (Fsp3) is 0.438. The van der Waals surface area contributed by atoms with E-state index in [0.29, 0.717) is 26.4 Å². The van der Waals surface area contributed by atoms with E-state index in [2.05, 4.69) is 0 Å². The molecule has 3 aromatic carbocycles. The molecule has 40 heavy (non-hydrogen) atoms. The summed E-state index contributed by atoms with van der Waals surface area (Å²) in [5, 5.41) is 11.0. The molecule has 1 saturated heterocycles. The smallest absolute Gasteiger partial charge is 0.282 e. The van der Waals surface area contributed by atoms with Crippen molar-refractivity contribution in [3.8, 4) is 0 Å². The van der Waals surface area contributed by atoms with Crippen molar-refractivity contribution >= 4 is 7.85 Å². The van der Waals surface area contributed by atoms with Crippen LogP contribution in [0.25, 0.3) is 0 Å². The minimum absolute atomic E-state index is 0.124. The predicted molar refractivity (Wildman–Crippen MR) is 152 cm³/mol. The van der Waals surface area contributed by atoms with Crippen molar-refractivity contribution in [1.29, 1.82) is 0 Å². The molecule has 2 radical (unpaired) electrons. The van der Waals surface area contributed by atoms with Gasteiger partial charge in [-0.1, -0.05) is 104 Å². The Hall–Kier alpha value is -2.56. The summed E-state index contributed by atoms with van der Waals surface area (Å²) in [4.78, 5) is 0. The Morgan fingerprint density at radius 1 is 0.800 bits per heavy atom. The third-order valence-corrected chi connectivity index (χ3v) is 6.72. The lowest BCUT2D eigenvalue weighted by molar-refractivity contribution is -0.340.